The molecule has 0 spiro atoms. The van der Waals surface area contributed by atoms with Crippen LogP contribution >= 0.6 is 0 Å². The third kappa shape index (κ3) is 2.29. The predicted octanol–water partition coefficient (Wildman–Crippen LogP) is 8.99. The smallest absolute Gasteiger partial charge is 0.145 e. The number of hydrogen-bond donors (Lipinski definition) is 0. The van der Waals surface area contributed by atoms with E-state index in [2.05, 4.69) is 122 Å². The lowest BCUT2D eigenvalue weighted by molar-refractivity contribution is 0.654. The van der Waals surface area contributed by atoms with Gasteiger partial charge in [-0.25, -0.2) is 0 Å². The summed E-state index contributed by atoms with van der Waals surface area (Å²) in [6.45, 7) is 4.63. The normalized spacial score (nSPS) is 14.2. The molecule has 0 bridgehead atoms. The molecular formula is C33H23NO. The van der Waals surface area contributed by atoms with Crippen LogP contribution in [0, 0.1) is 0 Å². The third-order valence-electron chi connectivity index (χ3n) is 8.00. The highest BCUT2D eigenvalue weighted by Crippen LogP contribution is 2.53. The van der Waals surface area contributed by atoms with Crippen LogP contribution in [0.5, 0.6) is 0 Å². The van der Waals surface area contributed by atoms with Gasteiger partial charge >= 0.3 is 0 Å². The van der Waals surface area contributed by atoms with Crippen LogP contribution in [0.2, 0.25) is 0 Å². The van der Waals surface area contributed by atoms with Crippen molar-refractivity contribution >= 4 is 43.7 Å². The fourth-order valence-corrected chi connectivity index (χ4v) is 6.38. The lowest BCUT2D eigenvalue weighted by atomic mass is 9.82. The summed E-state index contributed by atoms with van der Waals surface area (Å²) in [6, 6.07) is 37.1. The van der Waals surface area contributed by atoms with Crippen LogP contribution in [0.1, 0.15) is 25.0 Å². The van der Waals surface area contributed by atoms with E-state index in [-0.39, 0.29) is 5.41 Å². The van der Waals surface area contributed by atoms with Crippen molar-refractivity contribution in [1.82, 2.24) is 4.57 Å². The van der Waals surface area contributed by atoms with Gasteiger partial charge in [-0.3, -0.25) is 0 Å². The molecule has 0 unspecified atom stereocenters. The minimum atomic E-state index is -0.0439. The van der Waals surface area contributed by atoms with Crippen LogP contribution in [0.3, 0.4) is 0 Å². The van der Waals surface area contributed by atoms with Crippen LogP contribution in [0.15, 0.2) is 108 Å². The zero-order valence-corrected chi connectivity index (χ0v) is 19.7. The van der Waals surface area contributed by atoms with Crippen molar-refractivity contribution in [2.45, 2.75) is 19.3 Å². The van der Waals surface area contributed by atoms with Gasteiger partial charge in [-0.15, -0.1) is 0 Å². The molecule has 1 aliphatic rings. The molecule has 0 saturated carbocycles. The Hall–Kier alpha value is -4.30. The SMILES string of the molecule is CC1(C)c2ccccc2-c2c1ccc1c2oc2c1ccc1c2c2ccccc2n1-c1ccccc1. The molecule has 0 amide bonds. The maximum atomic E-state index is 6.90. The monoisotopic (exact) mass is 449 g/mol. The highest BCUT2D eigenvalue weighted by atomic mass is 16.3. The topological polar surface area (TPSA) is 18.1 Å². The van der Waals surface area contributed by atoms with Gasteiger partial charge in [-0.2, -0.15) is 0 Å². The van der Waals surface area contributed by atoms with Gasteiger partial charge in [0.05, 0.1) is 16.4 Å². The maximum Gasteiger partial charge on any atom is 0.145 e. The molecule has 0 saturated heterocycles. The van der Waals surface area contributed by atoms with E-state index in [0.29, 0.717) is 0 Å². The number of hydrogen-bond acceptors (Lipinski definition) is 1. The van der Waals surface area contributed by atoms with Gasteiger partial charge in [0, 0.05) is 32.8 Å². The summed E-state index contributed by atoms with van der Waals surface area (Å²) in [5.41, 5.74) is 10.7. The van der Waals surface area contributed by atoms with Crippen molar-refractivity contribution in [2.24, 2.45) is 0 Å². The van der Waals surface area contributed by atoms with E-state index in [1.807, 2.05) is 0 Å². The molecule has 2 aromatic heterocycles. The first-order valence-electron chi connectivity index (χ1n) is 12.2. The Morgan fingerprint density at radius 3 is 2.17 bits per heavy atom. The number of benzene rings is 5. The Kier molecular flexibility index (Phi) is 3.50. The fraction of sp³-hybridized carbons (Fsp3) is 0.0909. The standard InChI is InChI=1S/C33H23NO/c1-33(2)25-14-8-6-12-23(25)29-26(33)18-16-21-22-17-19-28-30(32(22)35-31(21)29)24-13-7-9-15-27(24)34(28)20-10-4-3-5-11-20/h3-19H,1-2H3. The van der Waals surface area contributed by atoms with Crippen LogP contribution in [0.25, 0.3) is 60.6 Å². The second-order valence-corrected chi connectivity index (χ2v) is 10.2. The Morgan fingerprint density at radius 2 is 1.29 bits per heavy atom. The fourth-order valence-electron chi connectivity index (χ4n) is 6.38. The molecule has 2 heteroatoms. The zero-order valence-electron chi connectivity index (χ0n) is 19.7. The molecule has 1 aliphatic carbocycles. The lowest BCUT2D eigenvalue weighted by Crippen LogP contribution is -2.14. The van der Waals surface area contributed by atoms with Gasteiger partial charge in [0.2, 0.25) is 0 Å². The second kappa shape index (κ2) is 6.43. The van der Waals surface area contributed by atoms with Crippen LogP contribution < -0.4 is 0 Å². The summed E-state index contributed by atoms with van der Waals surface area (Å²) < 4.78 is 9.25. The zero-order chi connectivity index (χ0) is 23.3. The van der Waals surface area contributed by atoms with Crippen molar-refractivity contribution in [3.8, 4) is 16.8 Å². The molecule has 0 atom stereocenters. The molecule has 5 aromatic carbocycles. The van der Waals surface area contributed by atoms with E-state index < -0.39 is 0 Å². The molecule has 35 heavy (non-hydrogen) atoms. The number of rotatable bonds is 1. The Bertz CT molecular complexity index is 1970. The number of furan rings is 1. The van der Waals surface area contributed by atoms with Gasteiger partial charge in [0.1, 0.15) is 11.2 Å². The van der Waals surface area contributed by atoms with Crippen LogP contribution in [-0.4, -0.2) is 4.57 Å². The van der Waals surface area contributed by atoms with Crippen molar-refractivity contribution < 1.29 is 4.42 Å². The lowest BCUT2D eigenvalue weighted by Gasteiger charge is -2.21. The van der Waals surface area contributed by atoms with Crippen LogP contribution in [-0.2, 0) is 5.41 Å². The van der Waals surface area contributed by atoms with Gasteiger partial charge < -0.3 is 8.98 Å². The Morgan fingerprint density at radius 1 is 0.571 bits per heavy atom. The molecule has 0 radical (unpaired) electrons. The average molecular weight is 450 g/mol. The third-order valence-corrected chi connectivity index (χ3v) is 8.00. The first kappa shape index (κ1) is 19.1. The number of para-hydroxylation sites is 2. The Balaban J connectivity index is 1.56. The summed E-state index contributed by atoms with van der Waals surface area (Å²) >= 11 is 0. The quantitative estimate of drug-likeness (QED) is 0.244. The van der Waals surface area contributed by atoms with E-state index in [4.69, 9.17) is 4.42 Å². The molecule has 166 valence electrons. The number of fused-ring (bicyclic) bond motifs is 11. The van der Waals surface area contributed by atoms with Crippen molar-refractivity contribution in [3.05, 3.63) is 114 Å². The summed E-state index contributed by atoms with van der Waals surface area (Å²) in [6.07, 6.45) is 0. The van der Waals surface area contributed by atoms with Crippen molar-refractivity contribution in [1.29, 1.82) is 0 Å². The van der Waals surface area contributed by atoms with Crippen molar-refractivity contribution in [2.75, 3.05) is 0 Å². The van der Waals surface area contributed by atoms with E-state index in [9.17, 15) is 0 Å². The molecule has 0 aliphatic heterocycles. The largest absolute Gasteiger partial charge is 0.455 e. The highest BCUT2D eigenvalue weighted by molar-refractivity contribution is 6.25. The number of nitrogens with zero attached hydrogens (tertiary/aromatic N) is 1. The average Bonchev–Trinajstić information content (AvgIpc) is 3.51. The molecule has 0 fully saturated rings. The van der Waals surface area contributed by atoms with Crippen LogP contribution in [0.4, 0.5) is 0 Å². The first-order valence-corrected chi connectivity index (χ1v) is 12.2. The van der Waals surface area contributed by atoms with E-state index in [0.717, 1.165) is 16.9 Å². The summed E-state index contributed by atoms with van der Waals surface area (Å²) in [5, 5.41) is 4.75. The first-order chi connectivity index (χ1) is 17.1. The van der Waals surface area contributed by atoms with Crippen molar-refractivity contribution in [3.63, 3.8) is 0 Å². The molecule has 2 heterocycles. The summed E-state index contributed by atoms with van der Waals surface area (Å²) in [5.74, 6) is 0. The van der Waals surface area contributed by atoms with E-state index >= 15 is 0 Å². The summed E-state index contributed by atoms with van der Waals surface area (Å²) in [7, 11) is 0. The van der Waals surface area contributed by atoms with E-state index in [1.54, 1.807) is 0 Å². The minimum absolute atomic E-state index is 0.0439. The molecular weight excluding hydrogens is 426 g/mol. The Labute approximate surface area is 203 Å². The maximum absolute atomic E-state index is 6.90. The van der Waals surface area contributed by atoms with Gasteiger partial charge in [0.25, 0.3) is 0 Å². The second-order valence-electron chi connectivity index (χ2n) is 10.2. The predicted molar refractivity (Wildman–Crippen MR) is 146 cm³/mol. The number of aromatic nitrogens is 1. The summed E-state index contributed by atoms with van der Waals surface area (Å²) in [4.78, 5) is 0. The van der Waals surface area contributed by atoms with Gasteiger partial charge in [-0.1, -0.05) is 86.6 Å². The molecule has 2 nitrogen and oxygen atoms in total. The van der Waals surface area contributed by atoms with Gasteiger partial charge in [0.15, 0.2) is 0 Å². The van der Waals surface area contributed by atoms with Gasteiger partial charge in [-0.05, 0) is 47.0 Å². The molecule has 0 N–H and O–H groups in total. The molecule has 7 aromatic rings. The van der Waals surface area contributed by atoms with E-state index in [1.165, 1.54) is 54.8 Å². The molecule has 8 rings (SSSR count). The minimum Gasteiger partial charge on any atom is -0.455 e. The highest BCUT2D eigenvalue weighted by Gasteiger charge is 2.37.